The molecule has 0 spiro atoms. The lowest BCUT2D eigenvalue weighted by Crippen LogP contribution is -2.40. The monoisotopic (exact) mass is 369 g/mol. The van der Waals surface area contributed by atoms with Crippen molar-refractivity contribution in [1.82, 2.24) is 16.0 Å². The molecule has 7 heteroatoms. The summed E-state index contributed by atoms with van der Waals surface area (Å²) in [5, 5.41) is 17.0. The summed E-state index contributed by atoms with van der Waals surface area (Å²) < 4.78 is 0. The lowest BCUT2D eigenvalue weighted by Gasteiger charge is -2.09. The quantitative estimate of drug-likeness (QED) is 0.552. The van der Waals surface area contributed by atoms with Crippen LogP contribution in [-0.2, 0) is 4.79 Å². The molecule has 2 aromatic rings. The molecule has 0 aliphatic carbocycles. The van der Waals surface area contributed by atoms with Crippen LogP contribution in [0, 0.1) is 13.8 Å². The largest absolute Gasteiger partial charge is 0.508 e. The molecular formula is C20H23N3O4. The molecule has 3 amide bonds. The number of aryl methyl sites for hydroxylation is 2. The van der Waals surface area contributed by atoms with Crippen LogP contribution in [0.2, 0.25) is 0 Å². The van der Waals surface area contributed by atoms with Gasteiger partial charge in [-0.25, -0.2) is 0 Å². The summed E-state index contributed by atoms with van der Waals surface area (Å²) in [4.78, 5) is 35.7. The van der Waals surface area contributed by atoms with Crippen LogP contribution in [0.15, 0.2) is 42.5 Å². The number of aromatic hydroxyl groups is 1. The van der Waals surface area contributed by atoms with Crippen molar-refractivity contribution in [3.63, 3.8) is 0 Å². The van der Waals surface area contributed by atoms with Crippen molar-refractivity contribution in [1.29, 1.82) is 0 Å². The average molecular weight is 369 g/mol. The maximum atomic E-state index is 12.0. The van der Waals surface area contributed by atoms with Crippen LogP contribution in [0.3, 0.4) is 0 Å². The van der Waals surface area contributed by atoms with E-state index >= 15 is 0 Å². The smallest absolute Gasteiger partial charge is 0.251 e. The highest BCUT2D eigenvalue weighted by Gasteiger charge is 2.09. The van der Waals surface area contributed by atoms with Crippen molar-refractivity contribution >= 4 is 17.7 Å². The Labute approximate surface area is 157 Å². The fourth-order valence-electron chi connectivity index (χ4n) is 2.30. The van der Waals surface area contributed by atoms with Gasteiger partial charge in [0.2, 0.25) is 5.91 Å². The van der Waals surface area contributed by atoms with E-state index in [2.05, 4.69) is 16.0 Å². The zero-order valence-corrected chi connectivity index (χ0v) is 15.3. The van der Waals surface area contributed by atoms with Gasteiger partial charge in [-0.1, -0.05) is 6.07 Å². The number of phenolic OH excluding ortho intramolecular Hbond substituents is 1. The first kappa shape index (κ1) is 20.0. The topological polar surface area (TPSA) is 108 Å². The molecular weight excluding hydrogens is 346 g/mol. The van der Waals surface area contributed by atoms with Gasteiger partial charge in [-0.3, -0.25) is 14.4 Å². The summed E-state index contributed by atoms with van der Waals surface area (Å²) in [5.74, 6) is -0.867. The molecule has 0 aliphatic rings. The van der Waals surface area contributed by atoms with Crippen molar-refractivity contribution < 1.29 is 19.5 Å². The number of phenols is 1. The zero-order valence-electron chi connectivity index (χ0n) is 15.3. The predicted molar refractivity (Wildman–Crippen MR) is 102 cm³/mol. The summed E-state index contributed by atoms with van der Waals surface area (Å²) in [6.07, 6.45) is 0. The molecule has 7 nitrogen and oxygen atoms in total. The Bertz CT molecular complexity index is 832. The summed E-state index contributed by atoms with van der Waals surface area (Å²) in [6.45, 7) is 4.23. The van der Waals surface area contributed by atoms with Crippen LogP contribution >= 0.6 is 0 Å². The number of carbonyl (C=O) groups is 3. The first-order valence-corrected chi connectivity index (χ1v) is 8.56. The minimum absolute atomic E-state index is 0.0849. The van der Waals surface area contributed by atoms with Gasteiger partial charge in [0, 0.05) is 24.2 Å². The molecule has 0 aromatic heterocycles. The van der Waals surface area contributed by atoms with Crippen molar-refractivity contribution in [2.75, 3.05) is 19.6 Å². The van der Waals surface area contributed by atoms with Gasteiger partial charge >= 0.3 is 0 Å². The van der Waals surface area contributed by atoms with E-state index in [-0.39, 0.29) is 43.1 Å². The first-order valence-electron chi connectivity index (χ1n) is 8.56. The molecule has 0 atom stereocenters. The van der Waals surface area contributed by atoms with E-state index in [1.54, 1.807) is 12.1 Å². The molecule has 0 saturated carbocycles. The predicted octanol–water partition coefficient (Wildman–Crippen LogP) is 1.29. The third kappa shape index (κ3) is 6.14. The second-order valence-electron chi connectivity index (χ2n) is 6.13. The standard InChI is InChI=1S/C20H23N3O4/c1-13-3-4-16(11-14(13)2)20(27)23-12-18(25)21-9-10-22-19(26)15-5-7-17(24)8-6-15/h3-8,11,24H,9-10,12H2,1-2H3,(H,21,25)(H,22,26)(H,23,27). The molecule has 0 aliphatic heterocycles. The van der Waals surface area contributed by atoms with E-state index < -0.39 is 0 Å². The fourth-order valence-corrected chi connectivity index (χ4v) is 2.30. The molecule has 142 valence electrons. The summed E-state index contributed by atoms with van der Waals surface area (Å²) >= 11 is 0. The summed E-state index contributed by atoms with van der Waals surface area (Å²) in [5.41, 5.74) is 3.03. The number of benzene rings is 2. The normalized spacial score (nSPS) is 10.1. The van der Waals surface area contributed by atoms with Gasteiger partial charge in [-0.05, 0) is 61.4 Å². The van der Waals surface area contributed by atoms with Gasteiger partial charge in [-0.15, -0.1) is 0 Å². The van der Waals surface area contributed by atoms with E-state index in [1.807, 2.05) is 19.9 Å². The van der Waals surface area contributed by atoms with Crippen LogP contribution in [0.1, 0.15) is 31.8 Å². The SMILES string of the molecule is Cc1ccc(C(=O)NCC(=O)NCCNC(=O)c2ccc(O)cc2)cc1C. The molecule has 0 heterocycles. The van der Waals surface area contributed by atoms with E-state index in [1.165, 1.54) is 24.3 Å². The Balaban J connectivity index is 1.67. The number of carbonyl (C=O) groups excluding carboxylic acids is 3. The highest BCUT2D eigenvalue weighted by atomic mass is 16.3. The number of rotatable bonds is 7. The molecule has 0 radical (unpaired) electrons. The van der Waals surface area contributed by atoms with Crippen molar-refractivity contribution in [3.8, 4) is 5.75 Å². The Kier molecular flexibility index (Phi) is 6.93. The van der Waals surface area contributed by atoms with E-state index in [0.29, 0.717) is 11.1 Å². The maximum Gasteiger partial charge on any atom is 0.251 e. The number of nitrogens with one attached hydrogen (secondary N) is 3. The second-order valence-corrected chi connectivity index (χ2v) is 6.13. The van der Waals surface area contributed by atoms with Crippen LogP contribution in [0.4, 0.5) is 0 Å². The average Bonchev–Trinajstić information content (AvgIpc) is 2.65. The third-order valence-corrected chi connectivity index (χ3v) is 4.04. The van der Waals surface area contributed by atoms with E-state index in [9.17, 15) is 19.5 Å². The number of hydrogen-bond donors (Lipinski definition) is 4. The van der Waals surface area contributed by atoms with Gasteiger partial charge < -0.3 is 21.1 Å². The molecule has 2 rings (SSSR count). The van der Waals surface area contributed by atoms with Gasteiger partial charge in [0.25, 0.3) is 11.8 Å². The Morgan fingerprint density at radius 3 is 2.04 bits per heavy atom. The van der Waals surface area contributed by atoms with Gasteiger partial charge in [0.1, 0.15) is 5.75 Å². The maximum absolute atomic E-state index is 12.0. The van der Waals surface area contributed by atoms with Crippen LogP contribution in [0.5, 0.6) is 5.75 Å². The van der Waals surface area contributed by atoms with Crippen LogP contribution < -0.4 is 16.0 Å². The molecule has 0 bridgehead atoms. The molecule has 0 saturated heterocycles. The van der Waals surface area contributed by atoms with E-state index in [4.69, 9.17) is 0 Å². The third-order valence-electron chi connectivity index (χ3n) is 4.04. The molecule has 2 aromatic carbocycles. The molecule has 27 heavy (non-hydrogen) atoms. The molecule has 0 unspecified atom stereocenters. The number of hydrogen-bond acceptors (Lipinski definition) is 4. The second kappa shape index (κ2) is 9.38. The Morgan fingerprint density at radius 1 is 0.778 bits per heavy atom. The van der Waals surface area contributed by atoms with Crippen molar-refractivity contribution in [3.05, 3.63) is 64.7 Å². The molecule has 0 fully saturated rings. The highest BCUT2D eigenvalue weighted by Crippen LogP contribution is 2.10. The van der Waals surface area contributed by atoms with Gasteiger partial charge in [-0.2, -0.15) is 0 Å². The van der Waals surface area contributed by atoms with Crippen molar-refractivity contribution in [2.45, 2.75) is 13.8 Å². The zero-order chi connectivity index (χ0) is 19.8. The highest BCUT2D eigenvalue weighted by molar-refractivity contribution is 5.96. The number of amides is 3. The van der Waals surface area contributed by atoms with Gasteiger partial charge in [0.05, 0.1) is 6.54 Å². The molecule has 4 N–H and O–H groups in total. The Morgan fingerprint density at radius 2 is 1.37 bits per heavy atom. The van der Waals surface area contributed by atoms with Crippen LogP contribution in [0.25, 0.3) is 0 Å². The van der Waals surface area contributed by atoms with Gasteiger partial charge in [0.15, 0.2) is 0 Å². The fraction of sp³-hybridized carbons (Fsp3) is 0.250. The lowest BCUT2D eigenvalue weighted by atomic mass is 10.1. The minimum atomic E-state index is -0.342. The van der Waals surface area contributed by atoms with E-state index in [0.717, 1.165) is 11.1 Å². The summed E-state index contributed by atoms with van der Waals surface area (Å²) in [6, 6.07) is 11.2. The minimum Gasteiger partial charge on any atom is -0.508 e. The summed E-state index contributed by atoms with van der Waals surface area (Å²) in [7, 11) is 0. The van der Waals surface area contributed by atoms with Crippen LogP contribution in [-0.4, -0.2) is 42.5 Å². The Hall–Kier alpha value is -3.35. The van der Waals surface area contributed by atoms with Crippen molar-refractivity contribution in [2.24, 2.45) is 0 Å². The lowest BCUT2D eigenvalue weighted by molar-refractivity contribution is -0.120. The first-order chi connectivity index (χ1) is 12.9.